The Morgan fingerprint density at radius 2 is 2.06 bits per heavy atom. The summed E-state index contributed by atoms with van der Waals surface area (Å²) in [5.74, 6) is -0.385. The molecule has 0 aliphatic rings. The molecule has 0 radical (unpaired) electrons. The SMILES string of the molecule is CC(C)(C)OC(=O)/C=C/c1c(Cl)cccc1Br. The third kappa shape index (κ3) is 4.92. The average Bonchev–Trinajstić information content (AvgIpc) is 2.14. The monoisotopic (exact) mass is 316 g/mol. The molecule has 17 heavy (non-hydrogen) atoms. The van der Waals surface area contributed by atoms with Crippen LogP contribution in [0.2, 0.25) is 5.02 Å². The van der Waals surface area contributed by atoms with E-state index < -0.39 is 5.60 Å². The fourth-order valence-electron chi connectivity index (χ4n) is 1.16. The first-order chi connectivity index (χ1) is 7.79. The number of halogens is 2. The van der Waals surface area contributed by atoms with Gasteiger partial charge in [-0.05, 0) is 39.0 Å². The highest BCUT2D eigenvalue weighted by Crippen LogP contribution is 2.25. The third-order valence-electron chi connectivity index (χ3n) is 1.79. The van der Waals surface area contributed by atoms with Gasteiger partial charge in [0.25, 0.3) is 0 Å². The van der Waals surface area contributed by atoms with Gasteiger partial charge in [0, 0.05) is 21.1 Å². The second-order valence-electron chi connectivity index (χ2n) is 4.50. The van der Waals surface area contributed by atoms with E-state index in [1.165, 1.54) is 6.08 Å². The maximum atomic E-state index is 11.5. The number of carbonyl (C=O) groups is 1. The number of carbonyl (C=O) groups excluding carboxylic acids is 1. The molecule has 0 saturated heterocycles. The van der Waals surface area contributed by atoms with Crippen LogP contribution in [0.15, 0.2) is 28.7 Å². The van der Waals surface area contributed by atoms with Crippen LogP contribution in [-0.4, -0.2) is 11.6 Å². The van der Waals surface area contributed by atoms with Gasteiger partial charge in [0.05, 0.1) is 0 Å². The van der Waals surface area contributed by atoms with E-state index in [-0.39, 0.29) is 5.97 Å². The molecule has 2 nitrogen and oxygen atoms in total. The summed E-state index contributed by atoms with van der Waals surface area (Å²) >= 11 is 9.38. The summed E-state index contributed by atoms with van der Waals surface area (Å²) in [4.78, 5) is 11.5. The number of ether oxygens (including phenoxy) is 1. The molecular formula is C13H14BrClO2. The Kier molecular flexibility index (Phi) is 4.78. The van der Waals surface area contributed by atoms with Crippen molar-refractivity contribution in [1.82, 2.24) is 0 Å². The second kappa shape index (κ2) is 5.69. The normalized spacial score (nSPS) is 11.8. The Morgan fingerprint density at radius 1 is 1.41 bits per heavy atom. The van der Waals surface area contributed by atoms with E-state index in [9.17, 15) is 4.79 Å². The van der Waals surface area contributed by atoms with Crippen molar-refractivity contribution in [1.29, 1.82) is 0 Å². The Balaban J connectivity index is 2.81. The molecule has 0 spiro atoms. The Morgan fingerprint density at radius 3 is 2.59 bits per heavy atom. The zero-order valence-electron chi connectivity index (χ0n) is 9.96. The Bertz CT molecular complexity index is 427. The molecule has 1 rings (SSSR count). The van der Waals surface area contributed by atoms with E-state index in [0.29, 0.717) is 5.02 Å². The largest absolute Gasteiger partial charge is 0.457 e. The van der Waals surface area contributed by atoms with Crippen molar-refractivity contribution < 1.29 is 9.53 Å². The van der Waals surface area contributed by atoms with Gasteiger partial charge in [-0.2, -0.15) is 0 Å². The number of hydrogen-bond donors (Lipinski definition) is 0. The van der Waals surface area contributed by atoms with Crippen molar-refractivity contribution in [3.8, 4) is 0 Å². The lowest BCUT2D eigenvalue weighted by Crippen LogP contribution is -2.22. The molecule has 0 amide bonds. The van der Waals surface area contributed by atoms with Crippen molar-refractivity contribution in [3.63, 3.8) is 0 Å². The highest BCUT2D eigenvalue weighted by molar-refractivity contribution is 9.10. The van der Waals surface area contributed by atoms with Crippen molar-refractivity contribution in [3.05, 3.63) is 39.3 Å². The number of benzene rings is 1. The van der Waals surface area contributed by atoms with Crippen molar-refractivity contribution >= 4 is 39.6 Å². The lowest BCUT2D eigenvalue weighted by Gasteiger charge is -2.17. The van der Waals surface area contributed by atoms with Crippen molar-refractivity contribution in [2.45, 2.75) is 26.4 Å². The molecular weight excluding hydrogens is 303 g/mol. The molecule has 0 N–H and O–H groups in total. The smallest absolute Gasteiger partial charge is 0.331 e. The number of rotatable bonds is 2. The first-order valence-electron chi connectivity index (χ1n) is 5.15. The van der Waals surface area contributed by atoms with E-state index >= 15 is 0 Å². The first-order valence-corrected chi connectivity index (χ1v) is 6.32. The van der Waals surface area contributed by atoms with E-state index in [1.807, 2.05) is 32.9 Å². The lowest BCUT2D eigenvalue weighted by atomic mass is 10.2. The second-order valence-corrected chi connectivity index (χ2v) is 5.76. The van der Waals surface area contributed by atoms with Crippen LogP contribution < -0.4 is 0 Å². The summed E-state index contributed by atoms with van der Waals surface area (Å²) in [6.07, 6.45) is 3.01. The van der Waals surface area contributed by atoms with Crippen LogP contribution in [0.5, 0.6) is 0 Å². The van der Waals surface area contributed by atoms with Crippen LogP contribution >= 0.6 is 27.5 Å². The molecule has 0 atom stereocenters. The molecule has 0 aromatic heterocycles. The van der Waals surface area contributed by atoms with Gasteiger partial charge in [-0.15, -0.1) is 0 Å². The fraction of sp³-hybridized carbons (Fsp3) is 0.308. The quantitative estimate of drug-likeness (QED) is 0.595. The fourth-order valence-corrected chi connectivity index (χ4v) is 2.01. The summed E-state index contributed by atoms with van der Waals surface area (Å²) < 4.78 is 5.99. The predicted octanol–water partition coefficient (Wildman–Crippen LogP) is 4.46. The third-order valence-corrected chi connectivity index (χ3v) is 2.81. The van der Waals surface area contributed by atoms with E-state index in [4.69, 9.17) is 16.3 Å². The van der Waals surface area contributed by atoms with Crippen molar-refractivity contribution in [2.75, 3.05) is 0 Å². The Labute approximate surface area is 115 Å². The molecule has 0 saturated carbocycles. The van der Waals surface area contributed by atoms with Crippen LogP contribution in [0.4, 0.5) is 0 Å². The van der Waals surface area contributed by atoms with Gasteiger partial charge in [0.15, 0.2) is 0 Å². The summed E-state index contributed by atoms with van der Waals surface area (Å²) in [5.41, 5.74) is 0.277. The number of esters is 1. The number of hydrogen-bond acceptors (Lipinski definition) is 2. The van der Waals surface area contributed by atoms with Crippen LogP contribution in [0.1, 0.15) is 26.3 Å². The highest BCUT2D eigenvalue weighted by atomic mass is 79.9. The van der Waals surface area contributed by atoms with Crippen LogP contribution in [-0.2, 0) is 9.53 Å². The maximum Gasteiger partial charge on any atom is 0.331 e. The highest BCUT2D eigenvalue weighted by Gasteiger charge is 2.14. The zero-order chi connectivity index (χ0) is 13.1. The van der Waals surface area contributed by atoms with E-state index in [1.54, 1.807) is 12.1 Å². The first kappa shape index (κ1) is 14.3. The molecule has 0 unspecified atom stereocenters. The summed E-state index contributed by atoms with van der Waals surface area (Å²) in [6.45, 7) is 5.47. The van der Waals surface area contributed by atoms with Gasteiger partial charge in [0.1, 0.15) is 5.60 Å². The summed E-state index contributed by atoms with van der Waals surface area (Å²) in [5, 5.41) is 0.583. The summed E-state index contributed by atoms with van der Waals surface area (Å²) in [6, 6.07) is 5.46. The molecule has 92 valence electrons. The van der Waals surface area contributed by atoms with Gasteiger partial charge >= 0.3 is 5.97 Å². The van der Waals surface area contributed by atoms with Crippen LogP contribution in [0.25, 0.3) is 6.08 Å². The van der Waals surface area contributed by atoms with Gasteiger partial charge in [-0.3, -0.25) is 0 Å². The minimum atomic E-state index is -0.487. The van der Waals surface area contributed by atoms with Crippen LogP contribution in [0.3, 0.4) is 0 Å². The average molecular weight is 318 g/mol. The van der Waals surface area contributed by atoms with Gasteiger partial charge < -0.3 is 4.74 Å². The Hall–Kier alpha value is -0.800. The minimum Gasteiger partial charge on any atom is -0.457 e. The molecule has 0 fully saturated rings. The molecule has 1 aromatic carbocycles. The molecule has 0 aliphatic heterocycles. The minimum absolute atomic E-state index is 0.385. The molecule has 1 aromatic rings. The maximum absolute atomic E-state index is 11.5. The molecule has 0 aliphatic carbocycles. The molecule has 0 bridgehead atoms. The summed E-state index contributed by atoms with van der Waals surface area (Å²) in [7, 11) is 0. The van der Waals surface area contributed by atoms with E-state index in [0.717, 1.165) is 10.0 Å². The predicted molar refractivity (Wildman–Crippen MR) is 74.0 cm³/mol. The van der Waals surface area contributed by atoms with Gasteiger partial charge in [-0.1, -0.05) is 33.6 Å². The topological polar surface area (TPSA) is 26.3 Å². The van der Waals surface area contributed by atoms with Crippen molar-refractivity contribution in [2.24, 2.45) is 0 Å². The van der Waals surface area contributed by atoms with Crippen LogP contribution in [0, 0.1) is 0 Å². The molecule has 0 heterocycles. The molecule has 4 heteroatoms. The lowest BCUT2D eigenvalue weighted by molar-refractivity contribution is -0.148. The standard InChI is InChI=1S/C13H14BrClO2/c1-13(2,3)17-12(16)8-7-9-10(14)5-4-6-11(9)15/h4-8H,1-3H3/b8-7+. The van der Waals surface area contributed by atoms with E-state index in [2.05, 4.69) is 15.9 Å². The zero-order valence-corrected chi connectivity index (χ0v) is 12.3. The van der Waals surface area contributed by atoms with Gasteiger partial charge in [-0.25, -0.2) is 4.79 Å². The van der Waals surface area contributed by atoms with Gasteiger partial charge in [0.2, 0.25) is 0 Å².